The van der Waals surface area contributed by atoms with Gasteiger partial charge >= 0.3 is 0 Å². The Kier molecular flexibility index (Phi) is 7.84. The third kappa shape index (κ3) is 6.04. The number of likely N-dealkylation sites (tertiary alicyclic amines) is 1. The van der Waals surface area contributed by atoms with Crippen molar-refractivity contribution < 1.29 is 14.3 Å². The Morgan fingerprint density at radius 3 is 2.30 bits per heavy atom. The van der Waals surface area contributed by atoms with Crippen molar-refractivity contribution in [3.8, 4) is 5.75 Å². The van der Waals surface area contributed by atoms with E-state index in [1.807, 2.05) is 65.6 Å². The van der Waals surface area contributed by atoms with Gasteiger partial charge in [-0.25, -0.2) is 0 Å². The minimum Gasteiger partial charge on any atom is -0.496 e. The van der Waals surface area contributed by atoms with Gasteiger partial charge in [0.05, 0.1) is 19.3 Å². The Bertz CT molecular complexity index is 941. The normalized spacial score (nSPS) is 22.9. The van der Waals surface area contributed by atoms with Crippen molar-refractivity contribution >= 4 is 17.6 Å². The van der Waals surface area contributed by atoms with Gasteiger partial charge in [0, 0.05) is 43.9 Å². The molecule has 2 atom stereocenters. The van der Waals surface area contributed by atoms with Crippen LogP contribution in [0.25, 0.3) is 11.6 Å². The molecule has 0 aromatic heterocycles. The minimum atomic E-state index is 0.0965. The van der Waals surface area contributed by atoms with Gasteiger partial charge in [0.15, 0.2) is 0 Å². The van der Waals surface area contributed by atoms with Crippen LogP contribution in [0.3, 0.4) is 0 Å². The summed E-state index contributed by atoms with van der Waals surface area (Å²) in [5.41, 5.74) is 2.57. The molecule has 2 heterocycles. The average Bonchev–Trinajstić information content (AvgIpc) is 2.83. The molecule has 2 aromatic rings. The van der Waals surface area contributed by atoms with Crippen LogP contribution in [0.2, 0.25) is 0 Å². The maximum atomic E-state index is 13.7. The number of hydrogen-bond acceptors (Lipinski definition) is 4. The first-order valence-electron chi connectivity index (χ1n) is 12.1. The predicted octanol–water partition coefficient (Wildman–Crippen LogP) is 4.58. The lowest BCUT2D eigenvalue weighted by Crippen LogP contribution is -2.48. The van der Waals surface area contributed by atoms with E-state index < -0.39 is 0 Å². The smallest absolute Gasteiger partial charge is 0.254 e. The number of amides is 1. The van der Waals surface area contributed by atoms with Crippen molar-refractivity contribution in [2.24, 2.45) is 5.92 Å². The molecule has 2 aliphatic heterocycles. The fraction of sp³-hybridized carbons (Fsp3) is 0.464. The SMILES string of the molecule is COc1ccccc1/C=C(/C(=O)N1CCC(CN2CC(C)OC(C)C2)CC1)c1ccccc1. The number of ether oxygens (including phenoxy) is 2. The maximum absolute atomic E-state index is 13.7. The van der Waals surface area contributed by atoms with Crippen LogP contribution < -0.4 is 4.74 Å². The molecule has 2 unspecified atom stereocenters. The van der Waals surface area contributed by atoms with E-state index in [0.29, 0.717) is 18.1 Å². The summed E-state index contributed by atoms with van der Waals surface area (Å²) >= 11 is 0. The number of carbonyl (C=O) groups is 1. The van der Waals surface area contributed by atoms with Crippen molar-refractivity contribution in [2.45, 2.75) is 38.9 Å². The molecule has 33 heavy (non-hydrogen) atoms. The molecule has 0 aliphatic carbocycles. The van der Waals surface area contributed by atoms with E-state index in [4.69, 9.17) is 9.47 Å². The number of rotatable bonds is 6. The molecule has 5 nitrogen and oxygen atoms in total. The largest absolute Gasteiger partial charge is 0.496 e. The molecule has 0 bridgehead atoms. The monoisotopic (exact) mass is 448 g/mol. The van der Waals surface area contributed by atoms with E-state index >= 15 is 0 Å². The maximum Gasteiger partial charge on any atom is 0.254 e. The van der Waals surface area contributed by atoms with Crippen LogP contribution >= 0.6 is 0 Å². The number of hydrogen-bond donors (Lipinski definition) is 0. The molecular weight excluding hydrogens is 412 g/mol. The van der Waals surface area contributed by atoms with Gasteiger partial charge in [-0.05, 0) is 50.3 Å². The summed E-state index contributed by atoms with van der Waals surface area (Å²) in [5.74, 6) is 1.50. The number of benzene rings is 2. The van der Waals surface area contributed by atoms with E-state index in [-0.39, 0.29) is 5.91 Å². The van der Waals surface area contributed by atoms with E-state index in [9.17, 15) is 4.79 Å². The Hall–Kier alpha value is -2.63. The number of morpholine rings is 1. The second-order valence-electron chi connectivity index (χ2n) is 9.38. The van der Waals surface area contributed by atoms with Gasteiger partial charge in [0.25, 0.3) is 5.91 Å². The van der Waals surface area contributed by atoms with Crippen LogP contribution in [0.4, 0.5) is 0 Å². The van der Waals surface area contributed by atoms with Crippen molar-refractivity contribution in [2.75, 3.05) is 39.8 Å². The Labute approximate surface area is 198 Å². The zero-order valence-corrected chi connectivity index (χ0v) is 20.1. The summed E-state index contributed by atoms with van der Waals surface area (Å²) in [6.45, 7) is 9.02. The summed E-state index contributed by atoms with van der Waals surface area (Å²) in [6.07, 6.45) is 4.65. The molecule has 2 aromatic carbocycles. The summed E-state index contributed by atoms with van der Waals surface area (Å²) in [7, 11) is 1.66. The quantitative estimate of drug-likeness (QED) is 0.479. The summed E-state index contributed by atoms with van der Waals surface area (Å²) in [4.78, 5) is 18.2. The third-order valence-corrected chi connectivity index (χ3v) is 6.67. The average molecular weight is 449 g/mol. The van der Waals surface area contributed by atoms with Crippen LogP contribution in [0, 0.1) is 5.92 Å². The lowest BCUT2D eigenvalue weighted by molar-refractivity contribution is -0.126. The number of methoxy groups -OCH3 is 1. The summed E-state index contributed by atoms with van der Waals surface area (Å²) in [6, 6.07) is 17.8. The van der Waals surface area contributed by atoms with Gasteiger partial charge in [0.2, 0.25) is 0 Å². The van der Waals surface area contributed by atoms with Crippen LogP contribution in [0.15, 0.2) is 54.6 Å². The topological polar surface area (TPSA) is 42.0 Å². The Morgan fingerprint density at radius 1 is 1.00 bits per heavy atom. The van der Waals surface area contributed by atoms with Gasteiger partial charge < -0.3 is 14.4 Å². The molecule has 0 spiro atoms. The van der Waals surface area contributed by atoms with Gasteiger partial charge in [0.1, 0.15) is 5.75 Å². The molecular formula is C28H36N2O3. The Balaban J connectivity index is 1.46. The second kappa shape index (κ2) is 11.0. The molecule has 2 aliphatic rings. The zero-order chi connectivity index (χ0) is 23.2. The zero-order valence-electron chi connectivity index (χ0n) is 20.1. The lowest BCUT2D eigenvalue weighted by Gasteiger charge is -2.39. The fourth-order valence-electron chi connectivity index (χ4n) is 5.12. The van der Waals surface area contributed by atoms with Gasteiger partial charge in [-0.3, -0.25) is 9.69 Å². The lowest BCUT2D eigenvalue weighted by atomic mass is 9.94. The summed E-state index contributed by atoms with van der Waals surface area (Å²) in [5, 5.41) is 0. The predicted molar refractivity (Wildman–Crippen MR) is 133 cm³/mol. The van der Waals surface area contributed by atoms with E-state index in [1.54, 1.807) is 7.11 Å². The molecule has 4 rings (SSSR count). The van der Waals surface area contributed by atoms with E-state index in [2.05, 4.69) is 18.7 Å². The molecule has 176 valence electrons. The minimum absolute atomic E-state index is 0.0965. The molecule has 2 saturated heterocycles. The van der Waals surface area contributed by atoms with Crippen molar-refractivity contribution in [1.29, 1.82) is 0 Å². The number of piperidine rings is 1. The van der Waals surface area contributed by atoms with Crippen LogP contribution in [0.1, 0.15) is 37.8 Å². The number of para-hydroxylation sites is 1. The van der Waals surface area contributed by atoms with Gasteiger partial charge in [-0.1, -0.05) is 48.5 Å². The molecule has 0 N–H and O–H groups in total. The molecule has 0 saturated carbocycles. The first-order valence-corrected chi connectivity index (χ1v) is 12.1. The van der Waals surface area contributed by atoms with Gasteiger partial charge in [-0.2, -0.15) is 0 Å². The second-order valence-corrected chi connectivity index (χ2v) is 9.38. The van der Waals surface area contributed by atoms with Crippen LogP contribution in [-0.2, 0) is 9.53 Å². The molecule has 2 fully saturated rings. The number of carbonyl (C=O) groups excluding carboxylic acids is 1. The third-order valence-electron chi connectivity index (χ3n) is 6.67. The highest BCUT2D eigenvalue weighted by atomic mass is 16.5. The van der Waals surface area contributed by atoms with E-state index in [1.165, 1.54) is 0 Å². The van der Waals surface area contributed by atoms with Crippen molar-refractivity contribution in [3.05, 3.63) is 65.7 Å². The van der Waals surface area contributed by atoms with Crippen molar-refractivity contribution in [3.63, 3.8) is 0 Å². The first-order chi connectivity index (χ1) is 16.0. The molecule has 1 amide bonds. The number of nitrogens with zero attached hydrogens (tertiary/aromatic N) is 2. The highest BCUT2D eigenvalue weighted by molar-refractivity contribution is 6.24. The van der Waals surface area contributed by atoms with Gasteiger partial charge in [-0.15, -0.1) is 0 Å². The van der Waals surface area contributed by atoms with E-state index in [0.717, 1.165) is 68.0 Å². The van der Waals surface area contributed by atoms with Crippen LogP contribution in [-0.4, -0.2) is 67.7 Å². The standard InChI is InChI=1S/C28H36N2O3/c1-21-18-29(19-22(2)33-21)20-23-13-15-30(16-14-23)28(31)26(24-9-5-4-6-10-24)17-25-11-7-8-12-27(25)32-3/h4-12,17,21-23H,13-16,18-20H2,1-3H3/b26-17+. The highest BCUT2D eigenvalue weighted by Crippen LogP contribution is 2.28. The molecule has 0 radical (unpaired) electrons. The first kappa shape index (κ1) is 23.5. The highest BCUT2D eigenvalue weighted by Gasteiger charge is 2.29. The Morgan fingerprint density at radius 2 is 1.64 bits per heavy atom. The molecule has 5 heteroatoms. The van der Waals surface area contributed by atoms with Crippen molar-refractivity contribution in [1.82, 2.24) is 9.80 Å². The van der Waals surface area contributed by atoms with Crippen LogP contribution in [0.5, 0.6) is 5.75 Å². The fourth-order valence-corrected chi connectivity index (χ4v) is 5.12. The summed E-state index contributed by atoms with van der Waals surface area (Å²) < 4.78 is 11.4.